The molecule has 3 aromatic carbocycles. The van der Waals surface area contributed by atoms with E-state index in [-0.39, 0.29) is 36.2 Å². The number of anilines is 1. The molecule has 0 aromatic heterocycles. The molecule has 7 nitrogen and oxygen atoms in total. The van der Waals surface area contributed by atoms with Crippen LogP contribution in [-0.2, 0) is 26.2 Å². The maximum atomic E-state index is 13.4. The lowest BCUT2D eigenvalue weighted by molar-refractivity contribution is -0.141. The zero-order valence-electron chi connectivity index (χ0n) is 20.0. The van der Waals surface area contributed by atoms with E-state index in [2.05, 4.69) is 5.32 Å². The molecule has 36 heavy (non-hydrogen) atoms. The summed E-state index contributed by atoms with van der Waals surface area (Å²) in [7, 11) is -2.16. The standard InChI is InChI=1S/C26H27Cl2N3O4S/c1-3-21(26(33)29-2)30(16-17-12-13-19(27)20(28)15-17)24(32)11-6-14-31-22-9-4-7-18-8-5-10-23(25(18)22)36(31,34)35/h4-5,7-10,12-13,15,21H,3,6,11,14,16H2,1-2H3,(H,29,33). The van der Waals surface area contributed by atoms with E-state index in [1.54, 1.807) is 36.4 Å². The number of benzene rings is 3. The van der Waals surface area contributed by atoms with Gasteiger partial charge in [-0.1, -0.05) is 60.5 Å². The molecule has 1 aliphatic rings. The zero-order chi connectivity index (χ0) is 26.0. The minimum absolute atomic E-state index is 0.0765. The molecule has 190 valence electrons. The van der Waals surface area contributed by atoms with Crippen LogP contribution >= 0.6 is 23.2 Å². The summed E-state index contributed by atoms with van der Waals surface area (Å²) in [5.41, 5.74) is 1.37. The molecule has 0 aliphatic carbocycles. The van der Waals surface area contributed by atoms with Gasteiger partial charge in [0.2, 0.25) is 11.8 Å². The molecule has 2 amide bonds. The first-order valence-corrected chi connectivity index (χ1v) is 13.9. The predicted molar refractivity (Wildman–Crippen MR) is 143 cm³/mol. The molecule has 1 unspecified atom stereocenters. The Morgan fingerprint density at radius 1 is 1.06 bits per heavy atom. The SMILES string of the molecule is CCC(C(=O)NC)N(Cc1ccc(Cl)c(Cl)c1)C(=O)CCCN1c2cccc3cccc(c23)S1(=O)=O. The minimum atomic E-state index is -3.70. The van der Waals surface area contributed by atoms with Gasteiger partial charge in [0.25, 0.3) is 10.0 Å². The lowest BCUT2D eigenvalue weighted by Gasteiger charge is -2.30. The molecule has 4 rings (SSSR count). The van der Waals surface area contributed by atoms with Crippen molar-refractivity contribution in [3.63, 3.8) is 0 Å². The number of halogens is 2. The van der Waals surface area contributed by atoms with Gasteiger partial charge in [-0.25, -0.2) is 8.42 Å². The number of likely N-dealkylation sites (N-methyl/N-ethyl adjacent to an activating group) is 1. The predicted octanol–water partition coefficient (Wildman–Crippen LogP) is 4.99. The highest BCUT2D eigenvalue weighted by Gasteiger charge is 2.35. The molecule has 0 saturated carbocycles. The second-order valence-corrected chi connectivity index (χ2v) is 11.3. The van der Waals surface area contributed by atoms with Gasteiger partial charge in [0, 0.05) is 31.9 Å². The number of carbonyl (C=O) groups is 2. The average molecular weight is 548 g/mol. The lowest BCUT2D eigenvalue weighted by Crippen LogP contribution is -2.48. The van der Waals surface area contributed by atoms with Crippen molar-refractivity contribution in [1.82, 2.24) is 10.2 Å². The molecule has 1 N–H and O–H groups in total. The van der Waals surface area contributed by atoms with Crippen LogP contribution in [0.3, 0.4) is 0 Å². The Hall–Kier alpha value is -2.81. The number of amides is 2. The van der Waals surface area contributed by atoms with E-state index in [1.807, 2.05) is 25.1 Å². The van der Waals surface area contributed by atoms with Gasteiger partial charge in [0.05, 0.1) is 20.6 Å². The fraction of sp³-hybridized carbons (Fsp3) is 0.308. The van der Waals surface area contributed by atoms with E-state index in [0.717, 1.165) is 10.9 Å². The van der Waals surface area contributed by atoms with Gasteiger partial charge in [0.1, 0.15) is 6.04 Å². The number of sulfonamides is 1. The Labute approximate surface area is 221 Å². The Morgan fingerprint density at radius 3 is 2.44 bits per heavy atom. The van der Waals surface area contributed by atoms with Crippen LogP contribution in [0.15, 0.2) is 59.5 Å². The summed E-state index contributed by atoms with van der Waals surface area (Å²) in [6.07, 6.45) is 0.794. The van der Waals surface area contributed by atoms with Crippen molar-refractivity contribution in [2.45, 2.75) is 43.7 Å². The van der Waals surface area contributed by atoms with Gasteiger partial charge in [-0.3, -0.25) is 13.9 Å². The Balaban J connectivity index is 1.52. The van der Waals surface area contributed by atoms with Crippen LogP contribution in [0.5, 0.6) is 0 Å². The van der Waals surface area contributed by atoms with E-state index in [4.69, 9.17) is 23.2 Å². The fourth-order valence-electron chi connectivity index (χ4n) is 4.64. The molecule has 1 atom stereocenters. The van der Waals surface area contributed by atoms with Crippen molar-refractivity contribution in [1.29, 1.82) is 0 Å². The number of rotatable bonds is 9. The van der Waals surface area contributed by atoms with Crippen LogP contribution in [-0.4, -0.2) is 44.8 Å². The second kappa shape index (κ2) is 10.7. The summed E-state index contributed by atoms with van der Waals surface area (Å²) in [6, 6.07) is 15.1. The summed E-state index contributed by atoms with van der Waals surface area (Å²) < 4.78 is 27.8. The van der Waals surface area contributed by atoms with Gasteiger partial charge >= 0.3 is 0 Å². The monoisotopic (exact) mass is 547 g/mol. The highest BCUT2D eigenvalue weighted by atomic mass is 35.5. The van der Waals surface area contributed by atoms with E-state index in [9.17, 15) is 18.0 Å². The molecule has 3 aromatic rings. The number of hydrogen-bond donors (Lipinski definition) is 1. The number of nitrogens with zero attached hydrogens (tertiary/aromatic N) is 2. The summed E-state index contributed by atoms with van der Waals surface area (Å²) in [5.74, 6) is -0.515. The molecule has 0 spiro atoms. The first kappa shape index (κ1) is 26.3. The van der Waals surface area contributed by atoms with Gasteiger partial charge in [-0.15, -0.1) is 0 Å². The van der Waals surface area contributed by atoms with Crippen molar-refractivity contribution in [3.05, 3.63) is 70.2 Å². The third-order valence-electron chi connectivity index (χ3n) is 6.40. The lowest BCUT2D eigenvalue weighted by atomic mass is 10.1. The van der Waals surface area contributed by atoms with Crippen molar-refractivity contribution in [2.75, 3.05) is 17.9 Å². The van der Waals surface area contributed by atoms with Crippen molar-refractivity contribution >= 4 is 61.5 Å². The topological polar surface area (TPSA) is 86.8 Å². The highest BCUT2D eigenvalue weighted by Crippen LogP contribution is 2.42. The summed E-state index contributed by atoms with van der Waals surface area (Å²) in [5, 5.41) is 4.95. The van der Waals surface area contributed by atoms with Crippen LogP contribution in [0.1, 0.15) is 31.7 Å². The molecule has 1 aliphatic heterocycles. The van der Waals surface area contributed by atoms with E-state index in [1.165, 1.54) is 16.3 Å². The van der Waals surface area contributed by atoms with Crippen LogP contribution in [0.2, 0.25) is 10.0 Å². The van der Waals surface area contributed by atoms with Gasteiger partial charge in [0.15, 0.2) is 0 Å². The quantitative estimate of drug-likeness (QED) is 0.408. The Kier molecular flexibility index (Phi) is 7.78. The normalized spacial score (nSPS) is 14.6. The molecule has 0 bridgehead atoms. The third kappa shape index (κ3) is 4.90. The van der Waals surface area contributed by atoms with Gasteiger partial charge < -0.3 is 10.2 Å². The largest absolute Gasteiger partial charge is 0.357 e. The van der Waals surface area contributed by atoms with Crippen LogP contribution in [0, 0.1) is 0 Å². The van der Waals surface area contributed by atoms with Gasteiger partial charge in [-0.2, -0.15) is 0 Å². The Bertz CT molecular complexity index is 1420. The second-order valence-electron chi connectivity index (χ2n) is 8.62. The van der Waals surface area contributed by atoms with Crippen molar-refractivity contribution in [2.24, 2.45) is 0 Å². The van der Waals surface area contributed by atoms with E-state index >= 15 is 0 Å². The van der Waals surface area contributed by atoms with Gasteiger partial charge in [-0.05, 0) is 48.1 Å². The first-order chi connectivity index (χ1) is 17.2. The molecular weight excluding hydrogens is 521 g/mol. The maximum Gasteiger partial charge on any atom is 0.265 e. The average Bonchev–Trinajstić information content (AvgIpc) is 3.08. The molecule has 10 heteroatoms. The van der Waals surface area contributed by atoms with E-state index < -0.39 is 16.1 Å². The first-order valence-electron chi connectivity index (χ1n) is 11.7. The number of carbonyl (C=O) groups excluding carboxylic acids is 2. The summed E-state index contributed by atoms with van der Waals surface area (Å²) in [4.78, 5) is 27.7. The zero-order valence-corrected chi connectivity index (χ0v) is 22.3. The maximum absolute atomic E-state index is 13.4. The van der Waals surface area contributed by atoms with Crippen LogP contribution in [0.25, 0.3) is 10.8 Å². The molecule has 0 saturated heterocycles. The fourth-order valence-corrected chi connectivity index (χ4v) is 6.71. The molecule has 0 fully saturated rings. The smallest absolute Gasteiger partial charge is 0.265 e. The summed E-state index contributed by atoms with van der Waals surface area (Å²) in [6.45, 7) is 2.16. The third-order valence-corrected chi connectivity index (χ3v) is 9.00. The highest BCUT2D eigenvalue weighted by molar-refractivity contribution is 7.93. The Morgan fingerprint density at radius 2 is 1.78 bits per heavy atom. The number of hydrogen-bond acceptors (Lipinski definition) is 4. The van der Waals surface area contributed by atoms with Crippen LogP contribution < -0.4 is 9.62 Å². The van der Waals surface area contributed by atoms with Crippen LogP contribution in [0.4, 0.5) is 5.69 Å². The minimum Gasteiger partial charge on any atom is -0.357 e. The summed E-state index contributed by atoms with van der Waals surface area (Å²) >= 11 is 12.2. The van der Waals surface area contributed by atoms with E-state index in [0.29, 0.717) is 34.0 Å². The molecular formula is C26H27Cl2N3O4S. The molecule has 1 heterocycles. The molecule has 0 radical (unpaired) electrons. The van der Waals surface area contributed by atoms with Crippen molar-refractivity contribution in [3.8, 4) is 0 Å². The number of nitrogens with one attached hydrogen (secondary N) is 1. The van der Waals surface area contributed by atoms with Crippen molar-refractivity contribution < 1.29 is 18.0 Å².